The molecule has 1 aromatic rings. The number of hydrogen-bond acceptors (Lipinski definition) is 6. The van der Waals surface area contributed by atoms with Crippen LogP contribution in [0, 0.1) is 11.8 Å². The molecule has 0 bridgehead atoms. The number of benzene rings is 1. The summed E-state index contributed by atoms with van der Waals surface area (Å²) >= 11 is 1.10. The number of carboxylic acids is 1. The standard InChI is InChI=1S/C24H31F6NO5S2/c1-14(21(32)33)13-36-18-11-20-17(10-19(18)37-3)31(16-5-8-23(27,28)9-6-16)12-15(4-7-22(2,25)26)24(29,30)38(20,34)35/h10-11,14-16H,4-9,12-13H2,1-3H3,(H,32,33)/t14-,15+/m1/s1. The Bertz CT molecular complexity index is 1130. The Labute approximate surface area is 222 Å². The van der Waals surface area contributed by atoms with Crippen LogP contribution in [0.25, 0.3) is 0 Å². The average molecular weight is 592 g/mol. The van der Waals surface area contributed by atoms with Crippen LogP contribution >= 0.6 is 11.8 Å². The van der Waals surface area contributed by atoms with E-state index in [9.17, 15) is 30.8 Å². The van der Waals surface area contributed by atoms with Crippen molar-refractivity contribution >= 4 is 33.3 Å². The first kappa shape index (κ1) is 30.7. The number of anilines is 1. The molecule has 14 heteroatoms. The third kappa shape index (κ3) is 6.48. The van der Waals surface area contributed by atoms with E-state index in [0.717, 1.165) is 17.8 Å². The smallest absolute Gasteiger partial charge is 0.354 e. The van der Waals surface area contributed by atoms with Crippen LogP contribution in [-0.2, 0) is 14.6 Å². The molecule has 2 atom stereocenters. The van der Waals surface area contributed by atoms with Crippen LogP contribution in [-0.4, -0.2) is 62.0 Å². The second kappa shape index (κ2) is 11.0. The molecule has 1 N–H and O–H groups in total. The van der Waals surface area contributed by atoms with E-state index in [1.807, 2.05) is 0 Å². The lowest BCUT2D eigenvalue weighted by Crippen LogP contribution is -2.46. The number of ether oxygens (including phenoxy) is 1. The van der Waals surface area contributed by atoms with Crippen LogP contribution in [0.3, 0.4) is 0 Å². The summed E-state index contributed by atoms with van der Waals surface area (Å²) in [6.07, 6.45) is -1.41. The maximum Gasteiger partial charge on any atom is 0.354 e. The lowest BCUT2D eigenvalue weighted by molar-refractivity contribution is -0.142. The van der Waals surface area contributed by atoms with E-state index in [-0.39, 0.29) is 30.9 Å². The summed E-state index contributed by atoms with van der Waals surface area (Å²) in [5.74, 6) is -10.6. The fourth-order valence-electron chi connectivity index (χ4n) is 4.71. The third-order valence-corrected chi connectivity index (χ3v) is 9.78. The fourth-order valence-corrected chi connectivity index (χ4v) is 6.89. The number of thioether (sulfide) groups is 1. The van der Waals surface area contributed by atoms with Crippen molar-refractivity contribution in [2.45, 2.75) is 85.3 Å². The number of carbonyl (C=O) groups is 1. The monoisotopic (exact) mass is 591 g/mol. The van der Waals surface area contributed by atoms with Gasteiger partial charge in [0.15, 0.2) is 0 Å². The minimum Gasteiger partial charge on any atom is -0.491 e. The Morgan fingerprint density at radius 3 is 2.37 bits per heavy atom. The summed E-state index contributed by atoms with van der Waals surface area (Å²) in [6, 6.07) is 1.51. The van der Waals surface area contributed by atoms with Gasteiger partial charge in [0.25, 0.3) is 0 Å². The highest BCUT2D eigenvalue weighted by Gasteiger charge is 2.57. The zero-order valence-corrected chi connectivity index (χ0v) is 22.8. The summed E-state index contributed by atoms with van der Waals surface area (Å²) in [7, 11) is -5.44. The molecule has 1 aromatic carbocycles. The molecule has 38 heavy (non-hydrogen) atoms. The third-order valence-electron chi connectivity index (χ3n) is 7.06. The first-order valence-corrected chi connectivity index (χ1v) is 14.8. The van der Waals surface area contributed by atoms with Crippen molar-refractivity contribution in [1.82, 2.24) is 0 Å². The first-order chi connectivity index (χ1) is 17.4. The maximum atomic E-state index is 15.7. The Morgan fingerprint density at radius 2 is 1.84 bits per heavy atom. The van der Waals surface area contributed by atoms with E-state index in [2.05, 4.69) is 0 Å². The Balaban J connectivity index is 2.15. The minimum atomic E-state index is -5.44. The molecule has 0 spiro atoms. The zero-order chi connectivity index (χ0) is 28.7. The molecule has 1 aliphatic carbocycles. The molecular formula is C24H31F6NO5S2. The Morgan fingerprint density at radius 1 is 1.24 bits per heavy atom. The molecule has 3 rings (SSSR count). The van der Waals surface area contributed by atoms with Crippen molar-refractivity contribution in [3.63, 3.8) is 0 Å². The fraction of sp³-hybridized carbons (Fsp3) is 0.708. The van der Waals surface area contributed by atoms with Crippen LogP contribution < -0.4 is 9.64 Å². The first-order valence-electron chi connectivity index (χ1n) is 12.1. The molecule has 0 radical (unpaired) electrons. The molecule has 6 nitrogen and oxygen atoms in total. The second-order valence-corrected chi connectivity index (χ2v) is 13.0. The molecule has 2 aliphatic rings. The number of sulfone groups is 1. The highest BCUT2D eigenvalue weighted by Crippen LogP contribution is 2.50. The molecule has 0 unspecified atom stereocenters. The number of fused-ring (bicyclic) bond motifs is 1. The van der Waals surface area contributed by atoms with Gasteiger partial charge in [-0.05, 0) is 45.4 Å². The summed E-state index contributed by atoms with van der Waals surface area (Å²) in [4.78, 5) is 12.1. The van der Waals surface area contributed by atoms with Crippen molar-refractivity contribution in [3.05, 3.63) is 12.1 Å². The van der Waals surface area contributed by atoms with Gasteiger partial charge in [-0.15, -0.1) is 11.8 Å². The normalized spacial score (nSPS) is 23.8. The maximum absolute atomic E-state index is 15.7. The Kier molecular flexibility index (Phi) is 8.87. The van der Waals surface area contributed by atoms with Crippen LogP contribution in [0.15, 0.2) is 21.9 Å². The van der Waals surface area contributed by atoms with Crippen LogP contribution in [0.2, 0.25) is 0 Å². The van der Waals surface area contributed by atoms with E-state index in [4.69, 9.17) is 9.84 Å². The predicted molar refractivity (Wildman–Crippen MR) is 131 cm³/mol. The van der Waals surface area contributed by atoms with Crippen LogP contribution in [0.1, 0.15) is 52.4 Å². The lowest BCUT2D eigenvalue weighted by atomic mass is 9.89. The molecule has 1 heterocycles. The number of hydrogen-bond donors (Lipinski definition) is 1. The molecule has 0 saturated heterocycles. The van der Waals surface area contributed by atoms with Crippen molar-refractivity contribution in [2.24, 2.45) is 11.8 Å². The lowest BCUT2D eigenvalue weighted by Gasteiger charge is -2.39. The quantitative estimate of drug-likeness (QED) is 0.266. The summed E-state index contributed by atoms with van der Waals surface area (Å²) < 4.78 is 119. The molecule has 1 saturated carbocycles. The topological polar surface area (TPSA) is 83.9 Å². The number of rotatable bonds is 9. The van der Waals surface area contributed by atoms with Gasteiger partial charge in [0, 0.05) is 37.9 Å². The van der Waals surface area contributed by atoms with Crippen molar-refractivity contribution < 1.29 is 49.4 Å². The van der Waals surface area contributed by atoms with Gasteiger partial charge in [-0.3, -0.25) is 4.79 Å². The zero-order valence-electron chi connectivity index (χ0n) is 21.2. The highest BCUT2D eigenvalue weighted by atomic mass is 32.2. The van der Waals surface area contributed by atoms with Gasteiger partial charge >= 0.3 is 11.2 Å². The minimum absolute atomic E-state index is 0.0995. The molecule has 0 amide bonds. The molecule has 216 valence electrons. The van der Waals surface area contributed by atoms with Crippen LogP contribution in [0.5, 0.6) is 5.75 Å². The largest absolute Gasteiger partial charge is 0.491 e. The predicted octanol–water partition coefficient (Wildman–Crippen LogP) is 6.32. The average Bonchev–Trinajstić information content (AvgIpc) is 2.86. The van der Waals surface area contributed by atoms with E-state index >= 15 is 8.78 Å². The number of nitrogens with zero attached hydrogens (tertiary/aromatic N) is 1. The van der Waals surface area contributed by atoms with Crippen molar-refractivity contribution in [3.8, 4) is 5.75 Å². The van der Waals surface area contributed by atoms with Gasteiger partial charge in [0.1, 0.15) is 17.3 Å². The Hall–Kier alpha value is -1.83. The van der Waals surface area contributed by atoms with Crippen molar-refractivity contribution in [1.29, 1.82) is 0 Å². The van der Waals surface area contributed by atoms with Gasteiger partial charge in [-0.1, -0.05) is 0 Å². The van der Waals surface area contributed by atoms with E-state index < -0.39 is 87.9 Å². The van der Waals surface area contributed by atoms with Crippen LogP contribution in [0.4, 0.5) is 32.0 Å². The van der Waals surface area contributed by atoms with E-state index in [1.165, 1.54) is 17.9 Å². The SMILES string of the molecule is CSc1cc2c(cc1OC[C@@H](C)C(=O)O)S(=O)(=O)C(F)(F)[C@@H](CCC(C)(F)F)CN2C1CCC(F)(F)CC1. The number of alkyl halides is 6. The summed E-state index contributed by atoms with van der Waals surface area (Å²) in [5, 5.41) is 4.69. The molecule has 1 fully saturated rings. The highest BCUT2D eigenvalue weighted by molar-refractivity contribution is 7.98. The van der Waals surface area contributed by atoms with Gasteiger partial charge in [-0.2, -0.15) is 8.78 Å². The number of aliphatic carboxylic acids is 1. The molecule has 1 aliphatic heterocycles. The van der Waals surface area contributed by atoms with Gasteiger partial charge < -0.3 is 14.7 Å². The van der Waals surface area contributed by atoms with Gasteiger partial charge in [0.05, 0.1) is 22.4 Å². The van der Waals surface area contributed by atoms with Gasteiger partial charge in [-0.25, -0.2) is 26.0 Å². The second-order valence-electron chi connectivity index (χ2n) is 10.1. The summed E-state index contributed by atoms with van der Waals surface area (Å²) in [6.45, 7) is 0.923. The van der Waals surface area contributed by atoms with E-state index in [0.29, 0.717) is 11.8 Å². The molecular weight excluding hydrogens is 560 g/mol. The number of carboxylic acid groups (broad SMARTS) is 1. The van der Waals surface area contributed by atoms with E-state index in [1.54, 1.807) is 6.26 Å². The number of halogens is 6. The summed E-state index contributed by atoms with van der Waals surface area (Å²) in [5.41, 5.74) is -0.131. The molecule has 0 aromatic heterocycles. The van der Waals surface area contributed by atoms with Gasteiger partial charge in [0.2, 0.25) is 21.7 Å². The van der Waals surface area contributed by atoms with Crippen molar-refractivity contribution in [2.75, 3.05) is 24.3 Å².